The molecule has 2 rings (SSSR count). The predicted molar refractivity (Wildman–Crippen MR) is 66.2 cm³/mol. The molecule has 0 aliphatic carbocycles. The number of hydrogen-bond donors (Lipinski definition) is 0. The number of hydrogen-bond acceptors (Lipinski definition) is 2. The van der Waals surface area contributed by atoms with Gasteiger partial charge >= 0.3 is 0 Å². The first-order valence-corrected chi connectivity index (χ1v) is 6.10. The molecule has 0 aliphatic heterocycles. The third-order valence-electron chi connectivity index (χ3n) is 2.19. The monoisotopic (exact) mass is 302 g/mol. The molecule has 1 aromatic heterocycles. The summed E-state index contributed by atoms with van der Waals surface area (Å²) in [5, 5.41) is 0.947. The summed E-state index contributed by atoms with van der Waals surface area (Å²) < 4.78 is 14.2. The Kier molecular flexibility index (Phi) is 3.40. The Balaban J connectivity index is 2.71. The van der Waals surface area contributed by atoms with Crippen LogP contribution in [0.1, 0.15) is 19.2 Å². The fraction of sp³-hybridized carbons (Fsp3) is 0.273. The zero-order valence-corrected chi connectivity index (χ0v) is 10.9. The lowest BCUT2D eigenvalue weighted by Gasteiger charge is -2.05. The highest BCUT2D eigenvalue weighted by molar-refractivity contribution is 9.10. The van der Waals surface area contributed by atoms with E-state index in [0.717, 1.165) is 12.8 Å². The molecular formula is C11H9BrClFN2. The maximum Gasteiger partial charge on any atom is 0.151 e. The molecule has 0 fully saturated rings. The Morgan fingerprint density at radius 2 is 2.12 bits per heavy atom. The lowest BCUT2D eigenvalue weighted by molar-refractivity contribution is 0.635. The summed E-state index contributed by atoms with van der Waals surface area (Å²) in [6.45, 7) is 2.03. The van der Waals surface area contributed by atoms with Gasteiger partial charge in [-0.15, -0.1) is 0 Å². The summed E-state index contributed by atoms with van der Waals surface area (Å²) in [6, 6.07) is 2.92. The topological polar surface area (TPSA) is 25.8 Å². The smallest absolute Gasteiger partial charge is 0.151 e. The Morgan fingerprint density at radius 3 is 2.81 bits per heavy atom. The predicted octanol–water partition coefficient (Wildman–Crippen LogP) is 4.14. The molecule has 0 spiro atoms. The Labute approximate surface area is 106 Å². The van der Waals surface area contributed by atoms with Crippen LogP contribution in [0.15, 0.2) is 16.7 Å². The van der Waals surface area contributed by atoms with Crippen LogP contribution >= 0.6 is 27.5 Å². The standard InChI is InChI=1S/C11H9BrClFN2/c1-2-3-9-15-10-7(11(12)16-9)4-6(13)5-8(10)14/h4-5H,2-3H2,1H3. The number of aryl methyl sites for hydroxylation is 1. The van der Waals surface area contributed by atoms with Gasteiger partial charge in [-0.2, -0.15) is 0 Å². The van der Waals surface area contributed by atoms with Crippen LogP contribution in [0.3, 0.4) is 0 Å². The fourth-order valence-electron chi connectivity index (χ4n) is 1.50. The highest BCUT2D eigenvalue weighted by Crippen LogP contribution is 2.26. The van der Waals surface area contributed by atoms with Crippen molar-refractivity contribution < 1.29 is 4.39 Å². The molecule has 0 saturated carbocycles. The van der Waals surface area contributed by atoms with Gasteiger partial charge in [-0.25, -0.2) is 14.4 Å². The van der Waals surface area contributed by atoms with E-state index in [-0.39, 0.29) is 0 Å². The molecule has 2 nitrogen and oxygen atoms in total. The molecule has 0 bridgehead atoms. The van der Waals surface area contributed by atoms with E-state index in [1.54, 1.807) is 6.07 Å². The van der Waals surface area contributed by atoms with Crippen molar-refractivity contribution in [1.82, 2.24) is 9.97 Å². The van der Waals surface area contributed by atoms with Gasteiger partial charge in [0.15, 0.2) is 5.82 Å². The second-order valence-corrected chi connectivity index (χ2v) is 4.65. The summed E-state index contributed by atoms with van der Waals surface area (Å²) in [7, 11) is 0. The maximum absolute atomic E-state index is 13.7. The second kappa shape index (κ2) is 4.63. The van der Waals surface area contributed by atoms with Crippen molar-refractivity contribution in [2.24, 2.45) is 0 Å². The van der Waals surface area contributed by atoms with Gasteiger partial charge in [0.05, 0.1) is 0 Å². The minimum atomic E-state index is -0.414. The van der Waals surface area contributed by atoms with Crippen LogP contribution in [0.4, 0.5) is 4.39 Å². The molecule has 0 amide bonds. The number of rotatable bonds is 2. The normalized spacial score (nSPS) is 11.0. The summed E-state index contributed by atoms with van der Waals surface area (Å²) in [5.74, 6) is 0.228. The quantitative estimate of drug-likeness (QED) is 0.779. The van der Waals surface area contributed by atoms with Crippen LogP contribution in [0, 0.1) is 5.82 Å². The number of nitrogens with zero attached hydrogens (tertiary/aromatic N) is 2. The number of benzene rings is 1. The van der Waals surface area contributed by atoms with Crippen molar-refractivity contribution in [2.75, 3.05) is 0 Å². The molecule has 0 atom stereocenters. The molecule has 1 heterocycles. The Morgan fingerprint density at radius 1 is 1.38 bits per heavy atom. The van der Waals surface area contributed by atoms with Crippen LogP contribution in [0.2, 0.25) is 5.02 Å². The number of fused-ring (bicyclic) bond motifs is 1. The first-order valence-electron chi connectivity index (χ1n) is 4.93. The van der Waals surface area contributed by atoms with Gasteiger partial charge in [0, 0.05) is 16.8 Å². The molecule has 0 N–H and O–H groups in total. The largest absolute Gasteiger partial charge is 0.230 e. The summed E-state index contributed by atoms with van der Waals surface area (Å²) >= 11 is 9.09. The van der Waals surface area contributed by atoms with E-state index >= 15 is 0 Å². The molecule has 2 aromatic rings. The first kappa shape index (κ1) is 11.7. The Hall–Kier alpha value is -0.740. The molecule has 84 valence electrons. The molecule has 0 radical (unpaired) electrons. The van der Waals surface area contributed by atoms with Crippen molar-refractivity contribution in [3.05, 3.63) is 33.4 Å². The summed E-state index contributed by atoms with van der Waals surface area (Å²) in [4.78, 5) is 8.45. The molecule has 0 aliphatic rings. The van der Waals surface area contributed by atoms with Gasteiger partial charge in [0.25, 0.3) is 0 Å². The molecular weight excluding hydrogens is 294 g/mol. The minimum Gasteiger partial charge on any atom is -0.230 e. The van der Waals surface area contributed by atoms with Crippen molar-refractivity contribution in [3.8, 4) is 0 Å². The van der Waals surface area contributed by atoms with Crippen molar-refractivity contribution >= 4 is 38.4 Å². The van der Waals surface area contributed by atoms with Crippen LogP contribution < -0.4 is 0 Å². The molecule has 0 unspecified atom stereocenters. The zero-order valence-electron chi connectivity index (χ0n) is 8.60. The average Bonchev–Trinajstić information content (AvgIpc) is 2.20. The van der Waals surface area contributed by atoms with Crippen LogP contribution in [-0.4, -0.2) is 9.97 Å². The molecule has 1 aromatic carbocycles. The van der Waals surface area contributed by atoms with Gasteiger partial charge in [0.1, 0.15) is 15.9 Å². The second-order valence-electron chi connectivity index (χ2n) is 3.46. The van der Waals surface area contributed by atoms with Gasteiger partial charge < -0.3 is 0 Å². The Bertz CT molecular complexity index is 545. The van der Waals surface area contributed by atoms with E-state index in [2.05, 4.69) is 25.9 Å². The lowest BCUT2D eigenvalue weighted by Crippen LogP contribution is -1.98. The maximum atomic E-state index is 13.7. The van der Waals surface area contributed by atoms with E-state index < -0.39 is 5.82 Å². The van der Waals surface area contributed by atoms with Crippen molar-refractivity contribution in [1.29, 1.82) is 0 Å². The first-order chi connectivity index (χ1) is 7.61. The average molecular weight is 304 g/mol. The summed E-state index contributed by atoms with van der Waals surface area (Å²) in [5.41, 5.74) is 0.315. The van der Waals surface area contributed by atoms with Crippen LogP contribution in [-0.2, 0) is 6.42 Å². The van der Waals surface area contributed by atoms with Gasteiger partial charge in [-0.1, -0.05) is 18.5 Å². The SMILES string of the molecule is CCCc1nc(Br)c2cc(Cl)cc(F)c2n1. The molecule has 16 heavy (non-hydrogen) atoms. The zero-order chi connectivity index (χ0) is 11.7. The van der Waals surface area contributed by atoms with Gasteiger partial charge in [-0.3, -0.25) is 0 Å². The highest BCUT2D eigenvalue weighted by atomic mass is 79.9. The van der Waals surface area contributed by atoms with Crippen molar-refractivity contribution in [2.45, 2.75) is 19.8 Å². The third-order valence-corrected chi connectivity index (χ3v) is 3.01. The molecule has 0 saturated heterocycles. The van der Waals surface area contributed by atoms with E-state index in [4.69, 9.17) is 11.6 Å². The van der Waals surface area contributed by atoms with E-state index in [0.29, 0.717) is 26.4 Å². The lowest BCUT2D eigenvalue weighted by atomic mass is 10.2. The number of aromatic nitrogens is 2. The number of halogens is 3. The van der Waals surface area contributed by atoms with E-state index in [9.17, 15) is 4.39 Å². The molecule has 5 heteroatoms. The minimum absolute atomic E-state index is 0.315. The highest BCUT2D eigenvalue weighted by Gasteiger charge is 2.10. The summed E-state index contributed by atoms with van der Waals surface area (Å²) in [6.07, 6.45) is 1.66. The fourth-order valence-corrected chi connectivity index (χ4v) is 2.21. The third kappa shape index (κ3) is 2.18. The van der Waals surface area contributed by atoms with E-state index in [1.165, 1.54) is 6.07 Å². The van der Waals surface area contributed by atoms with Gasteiger partial charge in [0.2, 0.25) is 0 Å². The van der Waals surface area contributed by atoms with Gasteiger partial charge in [-0.05, 0) is 34.5 Å². The van der Waals surface area contributed by atoms with Crippen molar-refractivity contribution in [3.63, 3.8) is 0 Å². The van der Waals surface area contributed by atoms with E-state index in [1.807, 2.05) is 6.92 Å². The van der Waals surface area contributed by atoms with Crippen LogP contribution in [0.5, 0.6) is 0 Å². The van der Waals surface area contributed by atoms with Crippen LogP contribution in [0.25, 0.3) is 10.9 Å².